The smallest absolute Gasteiger partial charge is 0.254 e. The molecule has 1 heterocycles. The zero-order valence-corrected chi connectivity index (χ0v) is 15.7. The van der Waals surface area contributed by atoms with Crippen molar-refractivity contribution in [2.24, 2.45) is 0 Å². The Morgan fingerprint density at radius 3 is 2.20 bits per heavy atom. The largest absolute Gasteiger partial charge is 0.269 e. The lowest BCUT2D eigenvalue weighted by Crippen LogP contribution is -2.35. The monoisotopic (exact) mass is 339 g/mol. The average Bonchev–Trinajstić information content (AvgIpc) is 3.07. The highest BCUT2D eigenvalue weighted by atomic mass is 16.2. The summed E-state index contributed by atoms with van der Waals surface area (Å²) in [7, 11) is 0. The molecule has 3 nitrogen and oxygen atoms in total. The molecule has 1 aromatic carbocycles. The molecule has 0 spiro atoms. The van der Waals surface area contributed by atoms with E-state index in [0.29, 0.717) is 0 Å². The summed E-state index contributed by atoms with van der Waals surface area (Å²) in [6.45, 7) is 6.64. The van der Waals surface area contributed by atoms with Gasteiger partial charge in [-0.15, -0.1) is 0 Å². The zero-order chi connectivity index (χ0) is 18.0. The molecule has 2 amide bonds. The first-order valence-corrected chi connectivity index (χ1v) is 9.75. The van der Waals surface area contributed by atoms with Crippen LogP contribution in [0.3, 0.4) is 0 Å². The topological polar surface area (TPSA) is 37.4 Å². The molecule has 0 N–H and O–H groups in total. The first kappa shape index (κ1) is 17.9. The number of benzene rings is 1. The van der Waals surface area contributed by atoms with Crippen molar-refractivity contribution in [1.82, 2.24) is 4.90 Å². The minimum Gasteiger partial charge on any atom is -0.269 e. The summed E-state index contributed by atoms with van der Waals surface area (Å²) >= 11 is 0. The second-order valence-electron chi connectivity index (χ2n) is 7.51. The quantitative estimate of drug-likeness (QED) is 0.666. The van der Waals surface area contributed by atoms with Gasteiger partial charge in [-0.2, -0.15) is 0 Å². The molecule has 1 aliphatic heterocycles. The van der Waals surface area contributed by atoms with E-state index in [-0.39, 0.29) is 23.3 Å². The summed E-state index contributed by atoms with van der Waals surface area (Å²) in [5.74, 6) is -0.313. The summed E-state index contributed by atoms with van der Waals surface area (Å²) in [5, 5.41) is 0. The molecule has 1 aromatic rings. The second-order valence-corrected chi connectivity index (χ2v) is 7.51. The van der Waals surface area contributed by atoms with Gasteiger partial charge < -0.3 is 0 Å². The molecule has 0 saturated heterocycles. The SMILES string of the molecule is CCCc1cccc2c1[C@@H](N1C(=O)C=CC1=O)CC2(CCC)CCC. The molecule has 134 valence electrons. The molecule has 0 saturated carbocycles. The number of nitrogens with zero attached hydrogens (tertiary/aromatic N) is 1. The minimum atomic E-state index is -0.156. The maximum Gasteiger partial charge on any atom is 0.254 e. The van der Waals surface area contributed by atoms with Crippen LogP contribution in [0, 0.1) is 0 Å². The highest BCUT2D eigenvalue weighted by Gasteiger charge is 2.48. The van der Waals surface area contributed by atoms with E-state index in [9.17, 15) is 9.59 Å². The Kier molecular flexibility index (Phi) is 5.12. The molecular formula is C22H29NO2. The zero-order valence-electron chi connectivity index (χ0n) is 15.7. The molecular weight excluding hydrogens is 310 g/mol. The third-order valence-corrected chi connectivity index (χ3v) is 5.82. The Bertz CT molecular complexity index is 680. The summed E-state index contributed by atoms with van der Waals surface area (Å²) in [4.78, 5) is 26.3. The third-order valence-electron chi connectivity index (χ3n) is 5.82. The van der Waals surface area contributed by atoms with Crippen molar-refractivity contribution in [3.05, 3.63) is 47.0 Å². The van der Waals surface area contributed by atoms with Gasteiger partial charge in [-0.3, -0.25) is 14.5 Å². The van der Waals surface area contributed by atoms with Crippen LogP contribution in [0.4, 0.5) is 0 Å². The average molecular weight is 339 g/mol. The molecule has 1 aliphatic carbocycles. The van der Waals surface area contributed by atoms with Crippen LogP contribution >= 0.6 is 0 Å². The third kappa shape index (κ3) is 2.94. The van der Waals surface area contributed by atoms with Crippen molar-refractivity contribution in [2.75, 3.05) is 0 Å². The molecule has 2 aliphatic rings. The van der Waals surface area contributed by atoms with E-state index in [0.717, 1.165) is 44.9 Å². The molecule has 0 unspecified atom stereocenters. The fourth-order valence-electron chi connectivity index (χ4n) is 5.03. The number of rotatable bonds is 7. The number of fused-ring (bicyclic) bond motifs is 1. The van der Waals surface area contributed by atoms with E-state index in [1.165, 1.54) is 33.7 Å². The molecule has 0 fully saturated rings. The van der Waals surface area contributed by atoms with Gasteiger partial charge in [0.1, 0.15) is 0 Å². The van der Waals surface area contributed by atoms with Crippen LogP contribution in [0.25, 0.3) is 0 Å². The number of carbonyl (C=O) groups is 2. The van der Waals surface area contributed by atoms with Gasteiger partial charge in [0, 0.05) is 12.2 Å². The number of aryl methyl sites for hydroxylation is 1. The number of amides is 2. The van der Waals surface area contributed by atoms with E-state index in [1.807, 2.05) is 0 Å². The predicted octanol–water partition coefficient (Wildman–Crippen LogP) is 4.85. The van der Waals surface area contributed by atoms with Crippen molar-refractivity contribution in [1.29, 1.82) is 0 Å². The summed E-state index contributed by atoms with van der Waals surface area (Å²) in [6.07, 6.45) is 10.2. The van der Waals surface area contributed by atoms with Crippen LogP contribution in [-0.4, -0.2) is 16.7 Å². The van der Waals surface area contributed by atoms with Gasteiger partial charge in [-0.05, 0) is 47.8 Å². The normalized spacial score (nSPS) is 21.2. The number of imide groups is 1. The van der Waals surface area contributed by atoms with Gasteiger partial charge >= 0.3 is 0 Å². The molecule has 0 aromatic heterocycles. The highest BCUT2D eigenvalue weighted by molar-refractivity contribution is 6.13. The molecule has 0 radical (unpaired) electrons. The fraction of sp³-hybridized carbons (Fsp3) is 0.545. The number of hydrogen-bond donors (Lipinski definition) is 0. The minimum absolute atomic E-state index is 0.0937. The molecule has 0 bridgehead atoms. The van der Waals surface area contributed by atoms with Crippen LogP contribution in [0.5, 0.6) is 0 Å². The Balaban J connectivity index is 2.14. The van der Waals surface area contributed by atoms with Crippen molar-refractivity contribution < 1.29 is 9.59 Å². The predicted molar refractivity (Wildman–Crippen MR) is 100 cm³/mol. The van der Waals surface area contributed by atoms with Crippen molar-refractivity contribution in [2.45, 2.75) is 77.2 Å². The first-order valence-electron chi connectivity index (χ1n) is 9.75. The van der Waals surface area contributed by atoms with E-state index in [2.05, 4.69) is 39.0 Å². The van der Waals surface area contributed by atoms with Crippen LogP contribution < -0.4 is 0 Å². The van der Waals surface area contributed by atoms with E-state index >= 15 is 0 Å². The van der Waals surface area contributed by atoms with Crippen LogP contribution in [0.15, 0.2) is 30.4 Å². The first-order chi connectivity index (χ1) is 12.1. The van der Waals surface area contributed by atoms with Gasteiger partial charge in [0.05, 0.1) is 6.04 Å². The van der Waals surface area contributed by atoms with Gasteiger partial charge in [-0.1, -0.05) is 58.2 Å². The molecule has 1 atom stereocenters. The standard InChI is InChI=1S/C22H29NO2/c1-4-8-16-9-7-10-17-21(16)18(23-19(24)11-12-20(23)25)15-22(17,13-5-2)14-6-3/h7,9-12,18H,4-6,8,13-15H2,1-3H3/t18-/m0/s1. The summed E-state index contributed by atoms with van der Waals surface area (Å²) < 4.78 is 0. The maximum atomic E-state index is 12.4. The lowest BCUT2D eigenvalue weighted by Gasteiger charge is -2.31. The van der Waals surface area contributed by atoms with E-state index < -0.39 is 0 Å². The Morgan fingerprint density at radius 2 is 1.64 bits per heavy atom. The van der Waals surface area contributed by atoms with Crippen molar-refractivity contribution in [3.8, 4) is 0 Å². The van der Waals surface area contributed by atoms with Crippen LogP contribution in [0.2, 0.25) is 0 Å². The number of hydrogen-bond acceptors (Lipinski definition) is 2. The summed E-state index contributed by atoms with van der Waals surface area (Å²) in [5.41, 5.74) is 4.05. The fourth-order valence-corrected chi connectivity index (χ4v) is 5.03. The van der Waals surface area contributed by atoms with Gasteiger partial charge in [0.15, 0.2) is 0 Å². The lowest BCUT2D eigenvalue weighted by molar-refractivity contribution is -0.139. The van der Waals surface area contributed by atoms with Gasteiger partial charge in [0.25, 0.3) is 11.8 Å². The van der Waals surface area contributed by atoms with Gasteiger partial charge in [0.2, 0.25) is 0 Å². The molecule has 3 heteroatoms. The highest BCUT2D eigenvalue weighted by Crippen LogP contribution is 2.54. The van der Waals surface area contributed by atoms with E-state index in [4.69, 9.17) is 0 Å². The van der Waals surface area contributed by atoms with Crippen molar-refractivity contribution in [3.63, 3.8) is 0 Å². The molecule has 25 heavy (non-hydrogen) atoms. The number of carbonyl (C=O) groups excluding carboxylic acids is 2. The Morgan fingerprint density at radius 1 is 1.00 bits per heavy atom. The second kappa shape index (κ2) is 7.15. The van der Waals surface area contributed by atoms with E-state index in [1.54, 1.807) is 0 Å². The van der Waals surface area contributed by atoms with Crippen molar-refractivity contribution >= 4 is 11.8 Å². The summed E-state index contributed by atoms with van der Waals surface area (Å²) in [6, 6.07) is 6.49. The van der Waals surface area contributed by atoms with Crippen LogP contribution in [0.1, 0.15) is 82.0 Å². The van der Waals surface area contributed by atoms with Gasteiger partial charge in [-0.25, -0.2) is 0 Å². The molecule has 3 rings (SSSR count). The lowest BCUT2D eigenvalue weighted by atomic mass is 9.74. The Labute approximate surface area is 151 Å². The van der Waals surface area contributed by atoms with Crippen LogP contribution in [-0.2, 0) is 21.4 Å². The maximum absolute atomic E-state index is 12.4. The Hall–Kier alpha value is -1.90.